The number of nitrogens with one attached hydrogen (secondary N) is 1. The van der Waals surface area contributed by atoms with Crippen molar-refractivity contribution in [2.45, 2.75) is 13.3 Å². The lowest BCUT2D eigenvalue weighted by Crippen LogP contribution is -2.10. The van der Waals surface area contributed by atoms with Crippen molar-refractivity contribution in [3.63, 3.8) is 0 Å². The number of aromatic nitrogens is 1. The third-order valence-corrected chi connectivity index (χ3v) is 3.17. The third kappa shape index (κ3) is 1.94. The average molecular weight is 206 g/mol. The molecule has 0 fully saturated rings. The number of likely N-dealkylation sites (N-methyl/N-ethyl adjacent to an activating group) is 1. The number of fused-ring (bicyclic) bond motifs is 1. The van der Waals surface area contributed by atoms with Crippen LogP contribution in [0.3, 0.4) is 0 Å². The molecule has 0 aliphatic rings. The number of aryl methyl sites for hydroxylation is 1. The molecule has 14 heavy (non-hydrogen) atoms. The molecule has 1 aromatic carbocycles. The van der Waals surface area contributed by atoms with Gasteiger partial charge in [-0.3, -0.25) is 0 Å². The summed E-state index contributed by atoms with van der Waals surface area (Å²) >= 11 is 1.76. The van der Waals surface area contributed by atoms with E-state index in [9.17, 15) is 0 Å². The van der Waals surface area contributed by atoms with Crippen LogP contribution in [-0.2, 0) is 6.42 Å². The van der Waals surface area contributed by atoms with Gasteiger partial charge in [0.1, 0.15) is 0 Å². The van der Waals surface area contributed by atoms with Gasteiger partial charge in [0.05, 0.1) is 15.2 Å². The lowest BCUT2D eigenvalue weighted by molar-refractivity contribution is 0.792. The molecular formula is C11H14N2S. The molecule has 3 heteroatoms. The number of hydrogen-bond donors (Lipinski definition) is 1. The summed E-state index contributed by atoms with van der Waals surface area (Å²) in [5, 5.41) is 4.30. The summed E-state index contributed by atoms with van der Waals surface area (Å²) < 4.78 is 1.29. The van der Waals surface area contributed by atoms with Crippen LogP contribution in [0.25, 0.3) is 10.2 Å². The zero-order valence-corrected chi connectivity index (χ0v) is 9.32. The molecule has 1 heterocycles. The first kappa shape index (κ1) is 9.62. The second kappa shape index (κ2) is 4.07. The number of thiazole rings is 1. The quantitative estimate of drug-likeness (QED) is 0.834. The molecule has 0 atom stereocenters. The Morgan fingerprint density at radius 1 is 1.43 bits per heavy atom. The zero-order chi connectivity index (χ0) is 9.97. The van der Waals surface area contributed by atoms with Crippen LogP contribution in [0.1, 0.15) is 10.6 Å². The van der Waals surface area contributed by atoms with E-state index in [-0.39, 0.29) is 0 Å². The summed E-state index contributed by atoms with van der Waals surface area (Å²) in [6, 6.07) is 6.55. The maximum Gasteiger partial charge on any atom is 0.0907 e. The topological polar surface area (TPSA) is 24.9 Å². The highest BCUT2D eigenvalue weighted by atomic mass is 32.1. The smallest absolute Gasteiger partial charge is 0.0907 e. The molecule has 1 N–H and O–H groups in total. The van der Waals surface area contributed by atoms with Gasteiger partial charge in [-0.15, -0.1) is 11.3 Å². The summed E-state index contributed by atoms with van der Waals surface area (Å²) in [5.74, 6) is 0. The van der Waals surface area contributed by atoms with Gasteiger partial charge in [0, 0.05) is 0 Å². The van der Waals surface area contributed by atoms with E-state index in [1.165, 1.54) is 10.3 Å². The zero-order valence-electron chi connectivity index (χ0n) is 8.50. The summed E-state index contributed by atoms with van der Waals surface area (Å²) in [4.78, 5) is 4.48. The van der Waals surface area contributed by atoms with Crippen molar-refractivity contribution in [1.29, 1.82) is 0 Å². The minimum absolute atomic E-state index is 1.02. The van der Waals surface area contributed by atoms with Gasteiger partial charge in [-0.1, -0.05) is 6.07 Å². The first-order valence-corrected chi connectivity index (χ1v) is 5.62. The molecule has 1 aromatic heterocycles. The molecule has 0 bridgehead atoms. The van der Waals surface area contributed by atoms with Crippen LogP contribution in [0.4, 0.5) is 0 Å². The fourth-order valence-corrected chi connectivity index (χ4v) is 2.32. The normalized spacial score (nSPS) is 11.0. The van der Waals surface area contributed by atoms with Crippen LogP contribution in [0.2, 0.25) is 0 Å². The van der Waals surface area contributed by atoms with Crippen molar-refractivity contribution >= 4 is 21.6 Å². The van der Waals surface area contributed by atoms with Crippen molar-refractivity contribution in [3.8, 4) is 0 Å². The number of benzene rings is 1. The van der Waals surface area contributed by atoms with Crippen molar-refractivity contribution in [1.82, 2.24) is 10.3 Å². The van der Waals surface area contributed by atoms with Gasteiger partial charge in [-0.25, -0.2) is 4.98 Å². The highest BCUT2D eigenvalue weighted by molar-refractivity contribution is 7.18. The predicted octanol–water partition coefficient (Wildman–Crippen LogP) is 2.37. The molecule has 0 saturated heterocycles. The van der Waals surface area contributed by atoms with Crippen molar-refractivity contribution < 1.29 is 0 Å². The van der Waals surface area contributed by atoms with Gasteiger partial charge >= 0.3 is 0 Å². The first-order chi connectivity index (χ1) is 6.79. The Morgan fingerprint density at radius 3 is 3.07 bits per heavy atom. The van der Waals surface area contributed by atoms with Crippen LogP contribution >= 0.6 is 11.3 Å². The van der Waals surface area contributed by atoms with Crippen LogP contribution < -0.4 is 5.32 Å². The van der Waals surface area contributed by atoms with E-state index in [2.05, 4.69) is 35.4 Å². The van der Waals surface area contributed by atoms with Gasteiger partial charge < -0.3 is 5.32 Å². The van der Waals surface area contributed by atoms with Gasteiger partial charge in [0.15, 0.2) is 0 Å². The molecule has 0 spiro atoms. The molecular weight excluding hydrogens is 192 g/mol. The summed E-state index contributed by atoms with van der Waals surface area (Å²) in [7, 11) is 1.98. The summed E-state index contributed by atoms with van der Waals surface area (Å²) in [5.41, 5.74) is 2.50. The fraction of sp³-hybridized carbons (Fsp3) is 0.364. The Labute approximate surface area is 88.0 Å². The second-order valence-electron chi connectivity index (χ2n) is 3.39. The number of nitrogens with zero attached hydrogens (tertiary/aromatic N) is 1. The molecule has 74 valence electrons. The number of rotatable bonds is 3. The summed E-state index contributed by atoms with van der Waals surface area (Å²) in [6.45, 7) is 3.08. The SMILES string of the molecule is CNCCc1ccc2sc(C)nc2c1. The van der Waals surface area contributed by atoms with Crippen molar-refractivity contribution in [2.24, 2.45) is 0 Å². The van der Waals surface area contributed by atoms with Crippen LogP contribution in [-0.4, -0.2) is 18.6 Å². The molecule has 2 nitrogen and oxygen atoms in total. The van der Waals surface area contributed by atoms with Crippen LogP contribution in [0.15, 0.2) is 18.2 Å². The molecule has 2 rings (SSSR count). The van der Waals surface area contributed by atoms with Crippen LogP contribution in [0, 0.1) is 6.92 Å². The molecule has 0 amide bonds. The Bertz CT molecular complexity index is 434. The molecule has 0 radical (unpaired) electrons. The van der Waals surface area contributed by atoms with E-state index in [0.717, 1.165) is 23.5 Å². The van der Waals surface area contributed by atoms with Gasteiger partial charge in [-0.05, 0) is 44.6 Å². The second-order valence-corrected chi connectivity index (χ2v) is 4.62. The Balaban J connectivity index is 2.31. The van der Waals surface area contributed by atoms with Crippen molar-refractivity contribution in [2.75, 3.05) is 13.6 Å². The van der Waals surface area contributed by atoms with Crippen molar-refractivity contribution in [3.05, 3.63) is 28.8 Å². The average Bonchev–Trinajstić information content (AvgIpc) is 2.54. The molecule has 0 saturated carbocycles. The van der Waals surface area contributed by atoms with Gasteiger partial charge in [-0.2, -0.15) is 0 Å². The minimum atomic E-state index is 1.02. The maximum absolute atomic E-state index is 4.48. The van der Waals surface area contributed by atoms with Gasteiger partial charge in [0.25, 0.3) is 0 Å². The minimum Gasteiger partial charge on any atom is -0.319 e. The van der Waals surface area contributed by atoms with Crippen LogP contribution in [0.5, 0.6) is 0 Å². The van der Waals surface area contributed by atoms with E-state index in [1.54, 1.807) is 11.3 Å². The maximum atomic E-state index is 4.48. The lowest BCUT2D eigenvalue weighted by atomic mass is 10.1. The third-order valence-electron chi connectivity index (χ3n) is 2.22. The van der Waals surface area contributed by atoms with E-state index in [4.69, 9.17) is 0 Å². The lowest BCUT2D eigenvalue weighted by Gasteiger charge is -1.99. The molecule has 0 aliphatic heterocycles. The molecule has 2 aromatic rings. The van der Waals surface area contributed by atoms with Gasteiger partial charge in [0.2, 0.25) is 0 Å². The monoisotopic (exact) mass is 206 g/mol. The van der Waals surface area contributed by atoms with E-state index in [0.29, 0.717) is 0 Å². The van der Waals surface area contributed by atoms with E-state index in [1.807, 2.05) is 7.05 Å². The number of hydrogen-bond acceptors (Lipinski definition) is 3. The Kier molecular flexibility index (Phi) is 2.79. The predicted molar refractivity (Wildman–Crippen MR) is 62.0 cm³/mol. The highest BCUT2D eigenvalue weighted by Gasteiger charge is 2.00. The van der Waals surface area contributed by atoms with E-state index < -0.39 is 0 Å². The molecule has 0 unspecified atom stereocenters. The highest BCUT2D eigenvalue weighted by Crippen LogP contribution is 2.22. The Morgan fingerprint density at radius 2 is 2.29 bits per heavy atom. The standard InChI is InChI=1S/C11H14N2S/c1-8-13-10-7-9(5-6-12-2)3-4-11(10)14-8/h3-4,7,12H,5-6H2,1-2H3. The Hall–Kier alpha value is -0.930. The summed E-state index contributed by atoms with van der Waals surface area (Å²) in [6.07, 6.45) is 1.07. The largest absolute Gasteiger partial charge is 0.319 e. The fourth-order valence-electron chi connectivity index (χ4n) is 1.51. The molecule has 0 aliphatic carbocycles. The first-order valence-electron chi connectivity index (χ1n) is 4.80. The van der Waals surface area contributed by atoms with E-state index >= 15 is 0 Å².